The Morgan fingerprint density at radius 3 is 1.56 bits per heavy atom. The van der Waals surface area contributed by atoms with Gasteiger partial charge in [-0.3, -0.25) is 33.6 Å². The highest BCUT2D eigenvalue weighted by Gasteiger charge is 2.53. The van der Waals surface area contributed by atoms with Crippen molar-refractivity contribution in [1.29, 1.82) is 0 Å². The number of nitrogens with zero attached hydrogens (tertiary/aromatic N) is 1. The Bertz CT molecular complexity index is 1540. The second kappa shape index (κ2) is 40.8. The molecule has 1 N–H and O–H groups in total. The molecule has 0 spiro atoms. The van der Waals surface area contributed by atoms with Gasteiger partial charge in [-0.15, -0.1) is 11.8 Å². The van der Waals surface area contributed by atoms with Crippen LogP contribution in [0.4, 0.5) is 0 Å². The molecule has 0 aromatic carbocycles. The predicted molar refractivity (Wildman–Crippen MR) is 283 cm³/mol. The van der Waals surface area contributed by atoms with Crippen LogP contribution in [0.1, 0.15) is 228 Å². The van der Waals surface area contributed by atoms with Crippen molar-refractivity contribution in [2.45, 2.75) is 270 Å². The number of rotatable bonds is 39. The molecule has 422 valence electrons. The number of amides is 2. The predicted octanol–water partition coefficient (Wildman–Crippen LogP) is 10.7. The molecule has 2 heterocycles. The minimum atomic E-state index is -1.55. The smallest absolute Gasteiger partial charge is 0.305 e. The summed E-state index contributed by atoms with van der Waals surface area (Å²) < 4.78 is 39.4. The van der Waals surface area contributed by atoms with Crippen LogP contribution in [0, 0.1) is 5.92 Å². The summed E-state index contributed by atoms with van der Waals surface area (Å²) >= 11 is 1.43. The van der Waals surface area contributed by atoms with E-state index in [1.54, 1.807) is 0 Å². The fourth-order valence-electron chi connectivity index (χ4n) is 9.77. The second-order valence-corrected chi connectivity index (χ2v) is 21.6. The maximum Gasteiger partial charge on any atom is 0.305 e. The highest BCUT2D eigenvalue weighted by atomic mass is 32.2. The average Bonchev–Trinajstić information content (AvgIpc) is 3.34. The van der Waals surface area contributed by atoms with Gasteiger partial charge in [-0.2, -0.15) is 0 Å². The van der Waals surface area contributed by atoms with Gasteiger partial charge in [0.15, 0.2) is 24.6 Å². The van der Waals surface area contributed by atoms with E-state index in [1.807, 2.05) is 4.90 Å². The highest BCUT2D eigenvalue weighted by Crippen LogP contribution is 2.31. The van der Waals surface area contributed by atoms with Gasteiger partial charge in [-0.25, -0.2) is 0 Å². The zero-order valence-corrected chi connectivity index (χ0v) is 47.0. The van der Waals surface area contributed by atoms with Crippen molar-refractivity contribution in [2.24, 2.45) is 5.92 Å². The van der Waals surface area contributed by atoms with Crippen LogP contribution in [0.5, 0.6) is 0 Å². The average molecular weight is 1060 g/mol. The van der Waals surface area contributed by atoms with Gasteiger partial charge < -0.3 is 43.4 Å². The largest absolute Gasteiger partial charge is 0.469 e. The summed E-state index contributed by atoms with van der Waals surface area (Å²) in [4.78, 5) is 92.5. The minimum absolute atomic E-state index is 0.00743. The normalized spacial score (nSPS) is 21.6. The molecule has 2 saturated heterocycles. The van der Waals surface area contributed by atoms with Gasteiger partial charge in [-0.05, 0) is 37.4 Å². The van der Waals surface area contributed by atoms with Gasteiger partial charge in [-0.1, -0.05) is 168 Å². The minimum Gasteiger partial charge on any atom is -0.469 e. The Kier molecular flexibility index (Phi) is 36.7. The molecule has 16 nitrogen and oxygen atoms in total. The van der Waals surface area contributed by atoms with Gasteiger partial charge in [0.25, 0.3) is 0 Å². The van der Waals surface area contributed by atoms with Crippen LogP contribution in [-0.4, -0.2) is 128 Å². The van der Waals surface area contributed by atoms with E-state index in [0.717, 1.165) is 59.3 Å². The summed E-state index contributed by atoms with van der Waals surface area (Å²) in [5.41, 5.74) is 0. The number of hydrogen-bond donors (Lipinski definition) is 1. The number of carbonyl (C=O) groups is 7. The maximum atomic E-state index is 15.0. The van der Waals surface area contributed by atoms with Gasteiger partial charge in [0.2, 0.25) is 11.8 Å². The molecule has 0 saturated carbocycles. The summed E-state index contributed by atoms with van der Waals surface area (Å²) in [5, 5.41) is 2.26. The molecule has 0 bridgehead atoms. The first-order valence-electron chi connectivity index (χ1n) is 28.4. The van der Waals surface area contributed by atoms with E-state index in [0.29, 0.717) is 25.3 Å². The van der Waals surface area contributed by atoms with E-state index in [-0.39, 0.29) is 24.7 Å². The third-order valence-corrected chi connectivity index (χ3v) is 15.1. The van der Waals surface area contributed by atoms with E-state index in [4.69, 9.17) is 33.2 Å². The third kappa shape index (κ3) is 30.0. The van der Waals surface area contributed by atoms with Gasteiger partial charge in [0.05, 0.1) is 19.0 Å². The van der Waals surface area contributed by atoms with E-state index < -0.39 is 91.0 Å². The molecule has 0 aliphatic carbocycles. The molecular weight excluding hydrogens is 957 g/mol. The van der Waals surface area contributed by atoms with Crippen LogP contribution in [0.3, 0.4) is 0 Å². The van der Waals surface area contributed by atoms with Crippen molar-refractivity contribution in [3.8, 4) is 0 Å². The quantitative estimate of drug-likeness (QED) is 0.0346. The molecule has 7 atom stereocenters. The summed E-state index contributed by atoms with van der Waals surface area (Å²) in [7, 11) is 1.29. The van der Waals surface area contributed by atoms with Crippen molar-refractivity contribution in [1.82, 2.24) is 10.2 Å². The number of hydrogen-bond acceptors (Lipinski definition) is 15. The molecular formula is C56H98N2O14S. The highest BCUT2D eigenvalue weighted by molar-refractivity contribution is 8.00. The first kappa shape index (κ1) is 65.7. The molecule has 2 aliphatic heterocycles. The Morgan fingerprint density at radius 1 is 0.630 bits per heavy atom. The van der Waals surface area contributed by atoms with Crippen LogP contribution in [0.2, 0.25) is 0 Å². The topological polar surface area (TPSA) is 199 Å². The van der Waals surface area contributed by atoms with Gasteiger partial charge in [0.1, 0.15) is 18.8 Å². The van der Waals surface area contributed by atoms with Crippen molar-refractivity contribution < 1.29 is 66.7 Å². The number of carbonyl (C=O) groups excluding carboxylic acids is 7. The van der Waals surface area contributed by atoms with E-state index >= 15 is 4.79 Å². The molecule has 17 heteroatoms. The lowest BCUT2D eigenvalue weighted by Gasteiger charge is -2.44. The first-order chi connectivity index (χ1) is 35.2. The number of ether oxygens (including phenoxy) is 7. The molecule has 0 aromatic heterocycles. The standard InChI is InChI=1S/C56H98N2O14S/c1-8-10-12-14-16-18-20-22-24-26-28-30-33-46(34-31-29-27-25-23-21-19-17-15-13-11-9-2)39-58-37-32-38-73-49(35-36-50(63)66-7)54(64)57-47(55(58)65)40-68-56-53(71-45(6)62)52(70-44(5)61)51(69-43(4)60)48(72-56)41-67-42(3)59/h46-49,51-53,56H,8-41H2,1-7H3,(H,57,64)/t47-,48-,49+,51-,52+,53+,56+/m1/s1. The number of nitrogens with one attached hydrogen (secondary N) is 1. The van der Waals surface area contributed by atoms with Crippen molar-refractivity contribution in [2.75, 3.05) is 39.2 Å². The molecule has 0 unspecified atom stereocenters. The molecule has 0 aromatic rings. The zero-order valence-electron chi connectivity index (χ0n) is 46.2. The van der Waals surface area contributed by atoms with Crippen molar-refractivity contribution in [3.05, 3.63) is 0 Å². The summed E-state index contributed by atoms with van der Waals surface area (Å²) in [6.07, 6.45) is 25.9. The zero-order chi connectivity index (χ0) is 53.6. The van der Waals surface area contributed by atoms with E-state index in [1.165, 1.54) is 154 Å². The molecule has 2 rings (SSSR count). The van der Waals surface area contributed by atoms with Crippen molar-refractivity contribution >= 4 is 53.4 Å². The molecule has 2 aliphatic rings. The SMILES string of the molecule is CCCCCCCCCCCCCCC(CCCCCCCCCCCCCC)CN1CCCS[C@@H](CCC(=O)OC)C(=O)N[C@H](CO[C@H]2O[C@H](COC(C)=O)[C@@H](OC(C)=O)[C@H](OC(C)=O)[C@@H]2OC(C)=O)C1=O. The lowest BCUT2D eigenvalue weighted by molar-refractivity contribution is -0.308. The van der Waals surface area contributed by atoms with Gasteiger partial charge in [0, 0.05) is 47.2 Å². The first-order valence-corrected chi connectivity index (χ1v) is 29.4. The Balaban J connectivity index is 2.36. The van der Waals surface area contributed by atoms with E-state index in [9.17, 15) is 28.8 Å². The van der Waals surface area contributed by atoms with E-state index in [2.05, 4.69) is 19.2 Å². The Morgan fingerprint density at radius 2 is 1.10 bits per heavy atom. The van der Waals surface area contributed by atoms with Crippen LogP contribution in [0.15, 0.2) is 0 Å². The van der Waals surface area contributed by atoms with Gasteiger partial charge >= 0.3 is 29.8 Å². The molecule has 2 fully saturated rings. The lowest BCUT2D eigenvalue weighted by atomic mass is 9.93. The van der Waals surface area contributed by atoms with Crippen LogP contribution in [-0.2, 0) is 66.7 Å². The molecule has 73 heavy (non-hydrogen) atoms. The Labute approximate surface area is 443 Å². The third-order valence-electron chi connectivity index (χ3n) is 13.7. The maximum absolute atomic E-state index is 15.0. The van der Waals surface area contributed by atoms with Crippen LogP contribution in [0.25, 0.3) is 0 Å². The fourth-order valence-corrected chi connectivity index (χ4v) is 10.9. The Hall–Kier alpha value is -3.44. The number of esters is 5. The summed E-state index contributed by atoms with van der Waals surface area (Å²) in [5.74, 6) is -3.46. The van der Waals surface area contributed by atoms with Crippen LogP contribution < -0.4 is 5.32 Å². The molecule has 0 radical (unpaired) electrons. The van der Waals surface area contributed by atoms with Crippen LogP contribution >= 0.6 is 11.8 Å². The monoisotopic (exact) mass is 1050 g/mol. The number of thioether (sulfide) groups is 1. The summed E-state index contributed by atoms with van der Waals surface area (Å²) in [6, 6.07) is -1.25. The summed E-state index contributed by atoms with van der Waals surface area (Å²) in [6.45, 7) is 9.11. The second-order valence-electron chi connectivity index (χ2n) is 20.3. The fraction of sp³-hybridized carbons (Fsp3) is 0.875. The molecule has 2 amide bonds. The number of unbranched alkanes of at least 4 members (excludes halogenated alkanes) is 22. The lowest BCUT2D eigenvalue weighted by Crippen LogP contribution is -2.63. The van der Waals surface area contributed by atoms with Crippen molar-refractivity contribution in [3.63, 3.8) is 0 Å². The number of methoxy groups -OCH3 is 1.